The van der Waals surface area contributed by atoms with Crippen LogP contribution in [0.25, 0.3) is 0 Å². The molecule has 0 amide bonds. The molecule has 0 aromatic carbocycles. The molecule has 3 atom stereocenters. The van der Waals surface area contributed by atoms with E-state index in [0.717, 1.165) is 69.6 Å². The Morgan fingerprint density at radius 1 is 0.299 bits per heavy atom. The Balaban J connectivity index is 4.25. The molecule has 0 saturated heterocycles. The Bertz CT molecular complexity index is 1030. The quantitative estimate of drug-likeness (QED) is 0.0343. The van der Waals surface area contributed by atoms with Crippen LogP contribution in [-0.4, -0.2) is 37.2 Å². The molecule has 0 rings (SSSR count). The fraction of sp³-hybridized carbons (Fsp3) is 0.951. The zero-order valence-corrected chi connectivity index (χ0v) is 46.0. The van der Waals surface area contributed by atoms with Gasteiger partial charge in [0.25, 0.3) is 0 Å². The average Bonchev–Trinajstić information content (AvgIpc) is 3.33. The van der Waals surface area contributed by atoms with E-state index in [9.17, 15) is 14.4 Å². The summed E-state index contributed by atoms with van der Waals surface area (Å²) in [5.41, 5.74) is 0. The normalized spacial score (nSPS) is 12.9. The van der Waals surface area contributed by atoms with Crippen LogP contribution in [0.15, 0.2) is 0 Å². The van der Waals surface area contributed by atoms with Crippen molar-refractivity contribution in [1.82, 2.24) is 0 Å². The standard InChI is InChI=1S/C61H118O6/c1-6-9-10-11-12-13-14-21-25-31-36-41-46-51-59(62)65-54-58(55-66-60(63)52-47-42-37-32-28-27-30-35-40-45-50-57(5)8-3)67-61(64)53-48-43-38-33-26-23-20-18-16-15-17-19-22-24-29-34-39-44-49-56(4)7-2/h56-58H,6-55H2,1-5H3/t56?,57?,58-/m1/s1. The lowest BCUT2D eigenvalue weighted by Crippen LogP contribution is -2.30. The number of hydrogen-bond donors (Lipinski definition) is 0. The molecule has 0 fully saturated rings. The lowest BCUT2D eigenvalue weighted by molar-refractivity contribution is -0.167. The molecule has 0 radical (unpaired) electrons. The highest BCUT2D eigenvalue weighted by atomic mass is 16.6. The van der Waals surface area contributed by atoms with Gasteiger partial charge in [-0.15, -0.1) is 0 Å². The Labute approximate surface area is 418 Å². The topological polar surface area (TPSA) is 78.9 Å². The van der Waals surface area contributed by atoms with Crippen LogP contribution in [0.2, 0.25) is 0 Å². The largest absolute Gasteiger partial charge is 0.462 e. The first kappa shape index (κ1) is 65.4. The van der Waals surface area contributed by atoms with Crippen molar-refractivity contribution in [1.29, 1.82) is 0 Å². The summed E-state index contributed by atoms with van der Waals surface area (Å²) in [5, 5.41) is 0. The Morgan fingerprint density at radius 3 is 0.776 bits per heavy atom. The second-order valence-electron chi connectivity index (χ2n) is 21.5. The van der Waals surface area contributed by atoms with E-state index in [-0.39, 0.29) is 31.1 Å². The predicted molar refractivity (Wildman–Crippen MR) is 289 cm³/mol. The van der Waals surface area contributed by atoms with E-state index in [0.29, 0.717) is 19.3 Å². The van der Waals surface area contributed by atoms with Gasteiger partial charge in [0.05, 0.1) is 0 Å². The number of carbonyl (C=O) groups is 3. The van der Waals surface area contributed by atoms with Gasteiger partial charge in [0.2, 0.25) is 0 Å². The molecule has 0 aliphatic heterocycles. The van der Waals surface area contributed by atoms with Gasteiger partial charge >= 0.3 is 17.9 Å². The first-order valence-electron chi connectivity index (χ1n) is 30.3. The average molecular weight is 948 g/mol. The number of unbranched alkanes of at least 4 members (excludes halogenated alkanes) is 38. The summed E-state index contributed by atoms with van der Waals surface area (Å²) in [5.74, 6) is 0.942. The highest BCUT2D eigenvalue weighted by Gasteiger charge is 2.19. The van der Waals surface area contributed by atoms with Gasteiger partial charge in [-0.3, -0.25) is 14.4 Å². The van der Waals surface area contributed by atoms with E-state index in [2.05, 4.69) is 34.6 Å². The molecule has 0 aliphatic rings. The van der Waals surface area contributed by atoms with Gasteiger partial charge in [-0.2, -0.15) is 0 Å². The minimum atomic E-state index is -0.763. The maximum atomic E-state index is 12.9. The number of carbonyl (C=O) groups excluding carboxylic acids is 3. The molecule has 0 aromatic rings. The summed E-state index contributed by atoms with van der Waals surface area (Å²) in [6.07, 6.45) is 58.0. The van der Waals surface area contributed by atoms with E-state index in [1.54, 1.807) is 0 Å². The first-order chi connectivity index (χ1) is 32.8. The van der Waals surface area contributed by atoms with Crippen molar-refractivity contribution in [3.63, 3.8) is 0 Å². The number of ether oxygens (including phenoxy) is 3. The Hall–Kier alpha value is -1.59. The fourth-order valence-corrected chi connectivity index (χ4v) is 9.34. The van der Waals surface area contributed by atoms with Crippen molar-refractivity contribution in [3.05, 3.63) is 0 Å². The third kappa shape index (κ3) is 52.1. The summed E-state index contributed by atoms with van der Waals surface area (Å²) in [6.45, 7) is 11.5. The minimum Gasteiger partial charge on any atom is -0.462 e. The van der Waals surface area contributed by atoms with Crippen LogP contribution in [-0.2, 0) is 28.6 Å². The highest BCUT2D eigenvalue weighted by Crippen LogP contribution is 2.19. The van der Waals surface area contributed by atoms with E-state index in [4.69, 9.17) is 14.2 Å². The van der Waals surface area contributed by atoms with Crippen molar-refractivity contribution in [3.8, 4) is 0 Å². The van der Waals surface area contributed by atoms with Crippen molar-refractivity contribution in [2.75, 3.05) is 13.2 Å². The molecule has 6 heteroatoms. The lowest BCUT2D eigenvalue weighted by atomic mass is 9.99. The maximum Gasteiger partial charge on any atom is 0.306 e. The SMILES string of the molecule is CCCCCCCCCCCCCCCC(=O)OC[C@H](COC(=O)CCCCCCCCCCCCC(C)CC)OC(=O)CCCCCCCCCCCCCCCCCCCCC(C)CC. The van der Waals surface area contributed by atoms with E-state index < -0.39 is 6.10 Å². The molecule has 0 saturated carbocycles. The van der Waals surface area contributed by atoms with Gasteiger partial charge in [0.1, 0.15) is 13.2 Å². The summed E-state index contributed by atoms with van der Waals surface area (Å²) in [7, 11) is 0. The zero-order chi connectivity index (χ0) is 48.9. The van der Waals surface area contributed by atoms with Crippen LogP contribution in [0, 0.1) is 11.8 Å². The third-order valence-electron chi connectivity index (χ3n) is 14.7. The third-order valence-corrected chi connectivity index (χ3v) is 14.7. The molecule has 2 unspecified atom stereocenters. The zero-order valence-electron chi connectivity index (χ0n) is 46.0. The molecule has 6 nitrogen and oxygen atoms in total. The van der Waals surface area contributed by atoms with E-state index in [1.807, 2.05) is 0 Å². The Kier molecular flexibility index (Phi) is 52.5. The number of rotatable bonds is 55. The summed E-state index contributed by atoms with van der Waals surface area (Å²) < 4.78 is 16.9. The second-order valence-corrected chi connectivity index (χ2v) is 21.5. The molecular formula is C61H118O6. The molecular weight excluding hydrogens is 829 g/mol. The van der Waals surface area contributed by atoms with Crippen molar-refractivity contribution >= 4 is 17.9 Å². The van der Waals surface area contributed by atoms with Crippen LogP contribution in [0.3, 0.4) is 0 Å². The van der Waals surface area contributed by atoms with E-state index in [1.165, 1.54) is 231 Å². The van der Waals surface area contributed by atoms with Crippen molar-refractivity contribution < 1.29 is 28.6 Å². The molecule has 0 aliphatic carbocycles. The fourth-order valence-electron chi connectivity index (χ4n) is 9.34. The molecule has 0 heterocycles. The smallest absolute Gasteiger partial charge is 0.306 e. The summed E-state index contributed by atoms with van der Waals surface area (Å²) in [4.78, 5) is 38.2. The Morgan fingerprint density at radius 2 is 0.522 bits per heavy atom. The highest BCUT2D eigenvalue weighted by molar-refractivity contribution is 5.71. The molecule has 0 N–H and O–H groups in total. The van der Waals surface area contributed by atoms with Crippen molar-refractivity contribution in [2.45, 2.75) is 349 Å². The van der Waals surface area contributed by atoms with Gasteiger partial charge in [-0.25, -0.2) is 0 Å². The molecule has 0 aromatic heterocycles. The predicted octanol–water partition coefficient (Wildman–Crippen LogP) is 20.0. The van der Waals surface area contributed by atoms with Crippen LogP contribution in [0.4, 0.5) is 0 Å². The molecule has 0 spiro atoms. The summed E-state index contributed by atoms with van der Waals surface area (Å²) in [6, 6.07) is 0. The molecule has 0 bridgehead atoms. The molecule has 398 valence electrons. The first-order valence-corrected chi connectivity index (χ1v) is 30.3. The van der Waals surface area contributed by atoms with Gasteiger partial charge in [-0.05, 0) is 31.1 Å². The minimum absolute atomic E-state index is 0.0625. The van der Waals surface area contributed by atoms with Gasteiger partial charge in [0.15, 0.2) is 6.10 Å². The van der Waals surface area contributed by atoms with Crippen LogP contribution >= 0.6 is 0 Å². The van der Waals surface area contributed by atoms with Gasteiger partial charge in [0, 0.05) is 19.3 Å². The number of esters is 3. The summed E-state index contributed by atoms with van der Waals surface area (Å²) >= 11 is 0. The number of hydrogen-bond acceptors (Lipinski definition) is 6. The second kappa shape index (κ2) is 53.8. The van der Waals surface area contributed by atoms with Crippen LogP contribution in [0.5, 0.6) is 0 Å². The maximum absolute atomic E-state index is 12.9. The monoisotopic (exact) mass is 947 g/mol. The lowest BCUT2D eigenvalue weighted by Gasteiger charge is -2.18. The van der Waals surface area contributed by atoms with E-state index >= 15 is 0 Å². The van der Waals surface area contributed by atoms with Crippen LogP contribution < -0.4 is 0 Å². The van der Waals surface area contributed by atoms with Crippen LogP contribution in [0.1, 0.15) is 343 Å². The van der Waals surface area contributed by atoms with Gasteiger partial charge < -0.3 is 14.2 Å². The van der Waals surface area contributed by atoms with Crippen molar-refractivity contribution in [2.24, 2.45) is 11.8 Å². The van der Waals surface area contributed by atoms with Gasteiger partial charge in [-0.1, -0.05) is 304 Å². The molecule has 67 heavy (non-hydrogen) atoms.